The van der Waals surface area contributed by atoms with Crippen molar-refractivity contribution >= 4 is 57.2 Å². The molecule has 0 radical (unpaired) electrons. The number of rotatable bonds is 3. The molecule has 1 fully saturated rings. The minimum Gasteiger partial charge on any atom is -0.328 e. The first-order valence-electron chi connectivity index (χ1n) is 6.63. The van der Waals surface area contributed by atoms with Crippen LogP contribution in [0.5, 0.6) is 0 Å². The summed E-state index contributed by atoms with van der Waals surface area (Å²) in [5, 5.41) is 0.392. The van der Waals surface area contributed by atoms with Gasteiger partial charge < -0.3 is 5.73 Å². The largest absolute Gasteiger partial charge is 0.328 e. The zero-order valence-corrected chi connectivity index (χ0v) is 15.8. The van der Waals surface area contributed by atoms with E-state index in [1.807, 2.05) is 6.92 Å². The molecule has 4 nitrogen and oxygen atoms in total. The highest BCUT2D eigenvalue weighted by atomic mass is 35.5. The molecule has 22 heavy (non-hydrogen) atoms. The third kappa shape index (κ3) is 4.20. The van der Waals surface area contributed by atoms with Crippen molar-refractivity contribution in [3.63, 3.8) is 0 Å². The summed E-state index contributed by atoms with van der Waals surface area (Å²) < 4.78 is 26.8. The summed E-state index contributed by atoms with van der Waals surface area (Å²) in [6.07, 6.45) is 1.47. The second-order valence-corrected chi connectivity index (χ2v) is 8.42. The van der Waals surface area contributed by atoms with Gasteiger partial charge in [0.25, 0.3) is 0 Å². The molecule has 0 bridgehead atoms. The molecule has 1 heterocycles. The summed E-state index contributed by atoms with van der Waals surface area (Å²) in [7, 11) is -3.72. The van der Waals surface area contributed by atoms with E-state index in [9.17, 15) is 8.42 Å². The van der Waals surface area contributed by atoms with E-state index >= 15 is 0 Å². The standard InChI is InChI=1S/C13H17Cl3N2O2S.ClH/c1-8(17)9-2-4-18(5-3-9)21(19,20)13-11(15)6-10(14)7-12(13)16;/h6-9H,2-5,17H2,1H3;1H. The van der Waals surface area contributed by atoms with Gasteiger partial charge in [-0.2, -0.15) is 4.31 Å². The molecule has 1 aromatic rings. The zero-order chi connectivity index (χ0) is 15.8. The first kappa shape index (κ1) is 20.3. The Morgan fingerprint density at radius 2 is 1.64 bits per heavy atom. The Kier molecular flexibility index (Phi) is 7.27. The number of hydrogen-bond donors (Lipinski definition) is 1. The lowest BCUT2D eigenvalue weighted by molar-refractivity contribution is 0.251. The molecule has 0 aliphatic carbocycles. The average Bonchev–Trinajstić information content (AvgIpc) is 2.37. The molecule has 1 atom stereocenters. The Morgan fingerprint density at radius 1 is 1.18 bits per heavy atom. The van der Waals surface area contributed by atoms with Crippen molar-refractivity contribution in [2.24, 2.45) is 11.7 Å². The predicted molar refractivity (Wildman–Crippen MR) is 93.9 cm³/mol. The normalized spacial score (nSPS) is 18.8. The summed E-state index contributed by atoms with van der Waals surface area (Å²) in [4.78, 5) is -0.0746. The van der Waals surface area contributed by atoms with Gasteiger partial charge in [-0.3, -0.25) is 0 Å². The topological polar surface area (TPSA) is 63.4 Å². The van der Waals surface area contributed by atoms with Gasteiger partial charge in [-0.1, -0.05) is 34.8 Å². The van der Waals surface area contributed by atoms with Crippen LogP contribution in [0.4, 0.5) is 0 Å². The molecule has 1 unspecified atom stereocenters. The Morgan fingerprint density at radius 3 is 2.05 bits per heavy atom. The van der Waals surface area contributed by atoms with Crippen LogP contribution in [0.2, 0.25) is 15.1 Å². The van der Waals surface area contributed by atoms with Crippen LogP contribution in [-0.2, 0) is 10.0 Å². The molecule has 0 amide bonds. The molecule has 2 rings (SSSR count). The number of halogens is 4. The minimum absolute atomic E-state index is 0. The van der Waals surface area contributed by atoms with Crippen LogP contribution in [-0.4, -0.2) is 31.9 Å². The molecule has 2 N–H and O–H groups in total. The molecular weight excluding hydrogens is 390 g/mol. The molecule has 0 aromatic heterocycles. The van der Waals surface area contributed by atoms with Gasteiger partial charge in [0.05, 0.1) is 10.0 Å². The molecule has 126 valence electrons. The van der Waals surface area contributed by atoms with Crippen LogP contribution in [0.1, 0.15) is 19.8 Å². The fourth-order valence-electron chi connectivity index (χ4n) is 2.55. The van der Waals surface area contributed by atoms with E-state index < -0.39 is 10.0 Å². The van der Waals surface area contributed by atoms with Gasteiger partial charge in [0.1, 0.15) is 4.90 Å². The first-order valence-corrected chi connectivity index (χ1v) is 9.21. The zero-order valence-electron chi connectivity index (χ0n) is 11.9. The van der Waals surface area contributed by atoms with Gasteiger partial charge in [-0.05, 0) is 37.8 Å². The quantitative estimate of drug-likeness (QED) is 0.828. The lowest BCUT2D eigenvalue weighted by Crippen LogP contribution is -2.42. The molecular formula is C13H18Cl4N2O2S. The summed E-state index contributed by atoms with van der Waals surface area (Å²) in [5.41, 5.74) is 5.87. The van der Waals surface area contributed by atoms with Crippen LogP contribution < -0.4 is 5.73 Å². The van der Waals surface area contributed by atoms with E-state index in [0.717, 1.165) is 12.8 Å². The Hall–Kier alpha value is 0.250. The van der Waals surface area contributed by atoms with Crippen molar-refractivity contribution in [1.82, 2.24) is 4.31 Å². The number of hydrogen-bond acceptors (Lipinski definition) is 3. The highest BCUT2D eigenvalue weighted by molar-refractivity contribution is 7.89. The van der Waals surface area contributed by atoms with Crippen LogP contribution >= 0.6 is 47.2 Å². The van der Waals surface area contributed by atoms with Crippen LogP contribution in [0, 0.1) is 5.92 Å². The molecule has 1 aromatic carbocycles. The van der Waals surface area contributed by atoms with Gasteiger partial charge in [-0.25, -0.2) is 8.42 Å². The van der Waals surface area contributed by atoms with E-state index in [4.69, 9.17) is 40.5 Å². The molecule has 9 heteroatoms. The minimum atomic E-state index is -3.72. The molecule has 1 aliphatic heterocycles. The van der Waals surface area contributed by atoms with Crippen molar-refractivity contribution in [1.29, 1.82) is 0 Å². The van der Waals surface area contributed by atoms with Crippen LogP contribution in [0.15, 0.2) is 17.0 Å². The third-order valence-corrected chi connectivity index (χ3v) is 6.84. The SMILES string of the molecule is CC(N)C1CCN(S(=O)(=O)c2c(Cl)cc(Cl)cc2Cl)CC1.Cl. The second-order valence-electron chi connectivity index (χ2n) is 5.30. The van der Waals surface area contributed by atoms with E-state index in [0.29, 0.717) is 24.0 Å². The number of piperidine rings is 1. The monoisotopic (exact) mass is 406 g/mol. The van der Waals surface area contributed by atoms with Crippen LogP contribution in [0.3, 0.4) is 0 Å². The third-order valence-electron chi connectivity index (χ3n) is 3.80. The second kappa shape index (κ2) is 7.88. The van der Waals surface area contributed by atoms with E-state index in [1.165, 1.54) is 16.4 Å². The maximum absolute atomic E-state index is 12.7. The van der Waals surface area contributed by atoms with E-state index in [-0.39, 0.29) is 33.4 Å². The Balaban J connectivity index is 0.00000242. The highest BCUT2D eigenvalue weighted by Gasteiger charge is 2.33. The lowest BCUT2D eigenvalue weighted by atomic mass is 9.92. The summed E-state index contributed by atoms with van der Waals surface area (Å²) >= 11 is 17.9. The van der Waals surface area contributed by atoms with Crippen LogP contribution in [0.25, 0.3) is 0 Å². The van der Waals surface area contributed by atoms with Gasteiger partial charge in [-0.15, -0.1) is 12.4 Å². The molecule has 0 spiro atoms. The number of benzene rings is 1. The fraction of sp³-hybridized carbons (Fsp3) is 0.538. The maximum atomic E-state index is 12.7. The predicted octanol–water partition coefficient (Wildman–Crippen LogP) is 3.82. The van der Waals surface area contributed by atoms with Gasteiger partial charge in [0.2, 0.25) is 10.0 Å². The van der Waals surface area contributed by atoms with E-state index in [2.05, 4.69) is 0 Å². The van der Waals surface area contributed by atoms with Gasteiger partial charge in [0.15, 0.2) is 0 Å². The number of sulfonamides is 1. The Bertz CT molecular complexity index is 606. The number of nitrogens with two attached hydrogens (primary N) is 1. The lowest BCUT2D eigenvalue weighted by Gasteiger charge is -2.33. The summed E-state index contributed by atoms with van der Waals surface area (Å²) in [6.45, 7) is 2.79. The van der Waals surface area contributed by atoms with E-state index in [1.54, 1.807) is 0 Å². The summed E-state index contributed by atoms with van der Waals surface area (Å²) in [6, 6.07) is 2.84. The molecule has 0 saturated carbocycles. The van der Waals surface area contributed by atoms with Crippen molar-refractivity contribution in [2.75, 3.05) is 13.1 Å². The number of nitrogens with zero attached hydrogens (tertiary/aromatic N) is 1. The smallest absolute Gasteiger partial charge is 0.246 e. The van der Waals surface area contributed by atoms with Crippen molar-refractivity contribution in [2.45, 2.75) is 30.7 Å². The van der Waals surface area contributed by atoms with Crippen molar-refractivity contribution in [3.05, 3.63) is 27.2 Å². The van der Waals surface area contributed by atoms with Gasteiger partial charge in [0, 0.05) is 24.2 Å². The molecule has 1 saturated heterocycles. The van der Waals surface area contributed by atoms with Crippen molar-refractivity contribution in [3.8, 4) is 0 Å². The van der Waals surface area contributed by atoms with Crippen molar-refractivity contribution < 1.29 is 8.42 Å². The maximum Gasteiger partial charge on any atom is 0.246 e. The van der Waals surface area contributed by atoms with Gasteiger partial charge >= 0.3 is 0 Å². The fourth-order valence-corrected chi connectivity index (χ4v) is 5.51. The first-order chi connectivity index (χ1) is 9.73. The summed E-state index contributed by atoms with van der Waals surface area (Å²) in [5.74, 6) is 0.340. The highest BCUT2D eigenvalue weighted by Crippen LogP contribution is 2.36. The molecule has 1 aliphatic rings. The average molecular weight is 408 g/mol. The Labute approximate surface area is 152 Å².